The summed E-state index contributed by atoms with van der Waals surface area (Å²) >= 11 is 1.63. The largest absolute Gasteiger partial charge is 0.379 e. The molecular weight excluding hydrogens is 358 g/mol. The average Bonchev–Trinajstić information content (AvgIpc) is 3.24. The molecule has 4 rings (SSSR count). The Labute approximate surface area is 165 Å². The molecule has 1 saturated heterocycles. The summed E-state index contributed by atoms with van der Waals surface area (Å²) in [7, 11) is 0. The molecule has 0 saturated carbocycles. The summed E-state index contributed by atoms with van der Waals surface area (Å²) in [4.78, 5) is 22.2. The fraction of sp³-hybridized carbons (Fsp3) is 0.524. The van der Waals surface area contributed by atoms with Crippen LogP contribution in [-0.2, 0) is 28.9 Å². The summed E-state index contributed by atoms with van der Waals surface area (Å²) in [5, 5.41) is 3.00. The smallest absolute Gasteiger partial charge is 0.226 e. The van der Waals surface area contributed by atoms with Crippen molar-refractivity contribution in [2.75, 3.05) is 39.4 Å². The summed E-state index contributed by atoms with van der Waals surface area (Å²) in [5.74, 6) is 0.373. The molecule has 2 aromatic rings. The lowest BCUT2D eigenvalue weighted by atomic mass is 9.83. The van der Waals surface area contributed by atoms with E-state index in [-0.39, 0.29) is 11.8 Å². The Hall–Kier alpha value is -1.76. The summed E-state index contributed by atoms with van der Waals surface area (Å²) in [5.41, 5.74) is 2.74. The van der Waals surface area contributed by atoms with Crippen LogP contribution in [0.4, 0.5) is 0 Å². The zero-order chi connectivity index (χ0) is 18.5. The second-order valence-corrected chi connectivity index (χ2v) is 8.33. The number of ether oxygens (including phenoxy) is 1. The Kier molecular flexibility index (Phi) is 6.17. The van der Waals surface area contributed by atoms with E-state index in [9.17, 15) is 4.79 Å². The first-order chi connectivity index (χ1) is 13.3. The maximum absolute atomic E-state index is 13.4. The van der Waals surface area contributed by atoms with Gasteiger partial charge < -0.3 is 9.64 Å². The van der Waals surface area contributed by atoms with Crippen LogP contribution < -0.4 is 0 Å². The normalized spacial score (nSPS) is 20.2. The van der Waals surface area contributed by atoms with Gasteiger partial charge >= 0.3 is 0 Å². The van der Waals surface area contributed by atoms with Gasteiger partial charge in [0.25, 0.3) is 0 Å². The minimum absolute atomic E-state index is 0.0875. The Balaban J connectivity index is 1.43. The van der Waals surface area contributed by atoms with Crippen molar-refractivity contribution in [2.24, 2.45) is 5.92 Å². The number of hydrogen-bond donors (Lipinski definition) is 0. The highest BCUT2D eigenvalue weighted by Crippen LogP contribution is 2.27. The van der Waals surface area contributed by atoms with Crippen LogP contribution in [0.1, 0.15) is 22.6 Å². The maximum atomic E-state index is 13.4. The summed E-state index contributed by atoms with van der Waals surface area (Å²) in [6.45, 7) is 5.78. The molecule has 1 amide bonds. The van der Waals surface area contributed by atoms with E-state index >= 15 is 0 Å². The van der Waals surface area contributed by atoms with Crippen LogP contribution >= 0.6 is 11.3 Å². The van der Waals surface area contributed by atoms with Gasteiger partial charge in [-0.05, 0) is 30.4 Å². The lowest BCUT2D eigenvalue weighted by Crippen LogP contribution is -2.45. The Bertz CT molecular complexity index is 744. The lowest BCUT2D eigenvalue weighted by Gasteiger charge is -2.33. The van der Waals surface area contributed by atoms with Crippen molar-refractivity contribution in [3.05, 3.63) is 52.0 Å². The van der Waals surface area contributed by atoms with E-state index in [0.29, 0.717) is 6.54 Å². The molecule has 2 aliphatic rings. The van der Waals surface area contributed by atoms with Crippen LogP contribution in [0.2, 0.25) is 0 Å². The van der Waals surface area contributed by atoms with Crippen molar-refractivity contribution in [2.45, 2.75) is 25.8 Å². The van der Waals surface area contributed by atoms with Gasteiger partial charge in [-0.3, -0.25) is 9.69 Å². The van der Waals surface area contributed by atoms with E-state index in [2.05, 4.69) is 34.1 Å². The van der Waals surface area contributed by atoms with Crippen molar-refractivity contribution in [1.82, 2.24) is 14.8 Å². The van der Waals surface area contributed by atoms with E-state index < -0.39 is 0 Å². The molecule has 1 aromatic heterocycles. The summed E-state index contributed by atoms with van der Waals surface area (Å²) in [6, 6.07) is 8.55. The molecule has 2 heterocycles. The first-order valence-corrected chi connectivity index (χ1v) is 10.7. The SMILES string of the molecule is O=C([C@H]1CCc2ccccc2C1)N(CCN1CCOCC1)Cc1nccs1. The van der Waals surface area contributed by atoms with Gasteiger partial charge in [0.2, 0.25) is 5.91 Å². The molecule has 1 atom stereocenters. The third-order valence-electron chi connectivity index (χ3n) is 5.61. The van der Waals surface area contributed by atoms with Crippen LogP contribution in [0.5, 0.6) is 0 Å². The number of aromatic nitrogens is 1. The Morgan fingerprint density at radius 2 is 2.07 bits per heavy atom. The maximum Gasteiger partial charge on any atom is 0.226 e. The molecule has 1 aliphatic heterocycles. The third-order valence-corrected chi connectivity index (χ3v) is 6.37. The van der Waals surface area contributed by atoms with E-state index in [4.69, 9.17) is 4.74 Å². The quantitative estimate of drug-likeness (QED) is 0.767. The van der Waals surface area contributed by atoms with Gasteiger partial charge in [0.1, 0.15) is 5.01 Å². The number of morpholine rings is 1. The van der Waals surface area contributed by atoms with Gasteiger partial charge in [-0.1, -0.05) is 24.3 Å². The van der Waals surface area contributed by atoms with Gasteiger partial charge in [0.05, 0.1) is 19.8 Å². The molecule has 0 bridgehead atoms. The van der Waals surface area contributed by atoms with Crippen LogP contribution in [0.3, 0.4) is 0 Å². The molecular formula is C21H27N3O2S. The lowest BCUT2D eigenvalue weighted by molar-refractivity contribution is -0.137. The molecule has 1 aromatic carbocycles. The summed E-state index contributed by atoms with van der Waals surface area (Å²) in [6.07, 6.45) is 4.63. The molecule has 5 nitrogen and oxygen atoms in total. The van der Waals surface area contributed by atoms with Crippen molar-refractivity contribution in [3.63, 3.8) is 0 Å². The molecule has 0 unspecified atom stereocenters. The van der Waals surface area contributed by atoms with Crippen LogP contribution in [-0.4, -0.2) is 60.1 Å². The molecule has 0 radical (unpaired) electrons. The van der Waals surface area contributed by atoms with E-state index in [1.807, 2.05) is 16.5 Å². The number of hydrogen-bond acceptors (Lipinski definition) is 5. The van der Waals surface area contributed by atoms with E-state index in [1.165, 1.54) is 11.1 Å². The van der Waals surface area contributed by atoms with Crippen molar-refractivity contribution < 1.29 is 9.53 Å². The molecule has 6 heteroatoms. The van der Waals surface area contributed by atoms with Crippen LogP contribution in [0.25, 0.3) is 0 Å². The van der Waals surface area contributed by atoms with Gasteiger partial charge in [-0.15, -0.1) is 11.3 Å². The zero-order valence-electron chi connectivity index (χ0n) is 15.7. The monoisotopic (exact) mass is 385 g/mol. The number of benzene rings is 1. The van der Waals surface area contributed by atoms with E-state index in [0.717, 1.165) is 63.7 Å². The van der Waals surface area contributed by atoms with Crippen LogP contribution in [0.15, 0.2) is 35.8 Å². The standard InChI is InChI=1S/C21H27N3O2S/c25-21(19-6-5-17-3-1-2-4-18(17)15-19)24(16-20-22-7-14-27-20)9-8-23-10-12-26-13-11-23/h1-4,7,14,19H,5-6,8-13,15-16H2/t19-/m0/s1. The zero-order valence-corrected chi connectivity index (χ0v) is 16.5. The number of carbonyl (C=O) groups excluding carboxylic acids is 1. The highest BCUT2D eigenvalue weighted by molar-refractivity contribution is 7.09. The predicted molar refractivity (Wildman–Crippen MR) is 107 cm³/mol. The number of carbonyl (C=O) groups is 1. The topological polar surface area (TPSA) is 45.7 Å². The Morgan fingerprint density at radius 3 is 2.85 bits per heavy atom. The molecule has 144 valence electrons. The number of thiazole rings is 1. The van der Waals surface area contributed by atoms with Crippen LogP contribution in [0, 0.1) is 5.92 Å². The van der Waals surface area contributed by atoms with Crippen molar-refractivity contribution in [1.29, 1.82) is 0 Å². The van der Waals surface area contributed by atoms with Gasteiger partial charge in [-0.25, -0.2) is 4.98 Å². The second kappa shape index (κ2) is 8.95. The number of nitrogens with zero attached hydrogens (tertiary/aromatic N) is 3. The highest BCUT2D eigenvalue weighted by Gasteiger charge is 2.29. The van der Waals surface area contributed by atoms with Gasteiger partial charge in [0.15, 0.2) is 0 Å². The number of aryl methyl sites for hydroxylation is 1. The average molecular weight is 386 g/mol. The predicted octanol–water partition coefficient (Wildman–Crippen LogP) is 2.61. The fourth-order valence-electron chi connectivity index (χ4n) is 4.02. The molecule has 1 aliphatic carbocycles. The first-order valence-electron chi connectivity index (χ1n) is 9.83. The van der Waals surface area contributed by atoms with Gasteiger partial charge in [-0.2, -0.15) is 0 Å². The Morgan fingerprint density at radius 1 is 1.26 bits per heavy atom. The fourth-order valence-corrected chi connectivity index (χ4v) is 4.65. The third kappa shape index (κ3) is 4.75. The molecule has 0 spiro atoms. The first kappa shape index (κ1) is 18.6. The number of amides is 1. The van der Waals surface area contributed by atoms with Crippen molar-refractivity contribution >= 4 is 17.2 Å². The molecule has 0 N–H and O–H groups in total. The number of fused-ring (bicyclic) bond motifs is 1. The van der Waals surface area contributed by atoms with Crippen molar-refractivity contribution in [3.8, 4) is 0 Å². The van der Waals surface area contributed by atoms with Gasteiger partial charge in [0, 0.05) is 43.7 Å². The molecule has 27 heavy (non-hydrogen) atoms. The number of rotatable bonds is 6. The molecule has 1 fully saturated rings. The second-order valence-electron chi connectivity index (χ2n) is 7.35. The highest BCUT2D eigenvalue weighted by atomic mass is 32.1. The summed E-state index contributed by atoms with van der Waals surface area (Å²) < 4.78 is 5.44. The van der Waals surface area contributed by atoms with E-state index in [1.54, 1.807) is 11.3 Å². The minimum atomic E-state index is 0.0875. The minimum Gasteiger partial charge on any atom is -0.379 e.